The molecule has 4 aliphatic heterocycles. The van der Waals surface area contributed by atoms with Crippen LogP contribution in [0.1, 0.15) is 107 Å². The number of aromatic hydroxyl groups is 2. The number of hydrogen-bond donors (Lipinski definition) is 4. The highest BCUT2D eigenvalue weighted by Crippen LogP contribution is 2.39. The molecule has 0 saturated carbocycles. The Labute approximate surface area is 413 Å². The van der Waals surface area contributed by atoms with Gasteiger partial charge >= 0.3 is 5.97 Å². The molecule has 0 bridgehead atoms. The van der Waals surface area contributed by atoms with Crippen molar-refractivity contribution >= 4 is 35.3 Å². The van der Waals surface area contributed by atoms with Crippen LogP contribution in [-0.2, 0) is 33.9 Å². The molecule has 0 radical (unpaired) electrons. The first-order chi connectivity index (χ1) is 34.2. The van der Waals surface area contributed by atoms with Gasteiger partial charge in [-0.1, -0.05) is 38.1 Å². The zero-order valence-electron chi connectivity index (χ0n) is 41.2. The Hall–Kier alpha value is -7.27. The van der Waals surface area contributed by atoms with Gasteiger partial charge in [0.1, 0.15) is 17.2 Å². The van der Waals surface area contributed by atoms with Crippen LogP contribution in [0.15, 0.2) is 66.7 Å². The Kier molecular flexibility index (Phi) is 14.1. The van der Waals surface area contributed by atoms with Crippen LogP contribution in [-0.4, -0.2) is 128 Å². The van der Waals surface area contributed by atoms with E-state index in [0.29, 0.717) is 93.3 Å². The van der Waals surface area contributed by atoms with Crippen molar-refractivity contribution < 1.29 is 38.9 Å². The quantitative estimate of drug-likeness (QED) is 0.0820. The molecule has 4 amide bonds. The number of piperazine rings is 1. The lowest BCUT2D eigenvalue weighted by Crippen LogP contribution is -2.51. The fourth-order valence-electron chi connectivity index (χ4n) is 10.6. The number of ether oxygens (including phenoxy) is 1. The number of rotatable bonds is 13. The van der Waals surface area contributed by atoms with Gasteiger partial charge in [-0.3, -0.25) is 33.4 Å². The first kappa shape index (κ1) is 48.7. The smallest absolute Gasteiger partial charge is 0.315 e. The van der Waals surface area contributed by atoms with Gasteiger partial charge in [-0.25, -0.2) is 0 Å². The zero-order chi connectivity index (χ0) is 50.1. The first-order valence-electron chi connectivity index (χ1n) is 24.8. The highest BCUT2D eigenvalue weighted by atomic mass is 16.5. The van der Waals surface area contributed by atoms with Crippen molar-refractivity contribution in [3.63, 3.8) is 0 Å². The molecule has 3 fully saturated rings. The highest BCUT2D eigenvalue weighted by Gasteiger charge is 2.36. The normalized spacial score (nSPS) is 17.7. The van der Waals surface area contributed by atoms with Crippen molar-refractivity contribution in [3.05, 3.63) is 111 Å². The lowest BCUT2D eigenvalue weighted by atomic mass is 9.94. The number of amides is 4. The van der Waals surface area contributed by atoms with Crippen LogP contribution in [0.3, 0.4) is 0 Å². The predicted octanol–water partition coefficient (Wildman–Crippen LogP) is 5.78. The van der Waals surface area contributed by atoms with Crippen LogP contribution < -0.4 is 20.3 Å². The lowest BCUT2D eigenvalue weighted by Gasteiger charge is -2.39. The van der Waals surface area contributed by atoms with Gasteiger partial charge in [-0.05, 0) is 129 Å². The van der Waals surface area contributed by atoms with Crippen molar-refractivity contribution in [2.75, 3.05) is 57.3 Å². The Balaban J connectivity index is 0.765. The highest BCUT2D eigenvalue weighted by molar-refractivity contribution is 5.99. The van der Waals surface area contributed by atoms with Crippen LogP contribution in [0.2, 0.25) is 0 Å². The van der Waals surface area contributed by atoms with Crippen LogP contribution in [0.5, 0.6) is 17.2 Å². The van der Waals surface area contributed by atoms with E-state index in [0.717, 1.165) is 59.4 Å². The van der Waals surface area contributed by atoms with Crippen molar-refractivity contribution in [3.8, 4) is 34.3 Å². The molecule has 71 heavy (non-hydrogen) atoms. The second-order valence-electron chi connectivity index (χ2n) is 19.6. The molecule has 17 heteroatoms. The number of benzene rings is 4. The van der Waals surface area contributed by atoms with Gasteiger partial charge in [0.05, 0.1) is 18.0 Å². The molecule has 4 aromatic carbocycles. The van der Waals surface area contributed by atoms with Gasteiger partial charge in [0.25, 0.3) is 11.8 Å². The average Bonchev–Trinajstić information content (AvgIpc) is 3.95. The summed E-state index contributed by atoms with van der Waals surface area (Å²) in [5, 5.41) is 35.6. The molecule has 1 atom stereocenters. The maximum atomic E-state index is 13.9. The zero-order valence-corrected chi connectivity index (χ0v) is 41.2. The number of fused-ring (bicyclic) bond motifs is 1. The monoisotopic (exact) mass is 965 g/mol. The molecular weight excluding hydrogens is 903 g/mol. The van der Waals surface area contributed by atoms with Gasteiger partial charge in [0.15, 0.2) is 5.82 Å². The van der Waals surface area contributed by atoms with Crippen molar-refractivity contribution in [2.24, 2.45) is 5.92 Å². The topological polar surface area (TPSA) is 203 Å². The second kappa shape index (κ2) is 20.6. The predicted molar refractivity (Wildman–Crippen MR) is 267 cm³/mol. The molecular formula is C54H63N9O8. The van der Waals surface area contributed by atoms with Crippen molar-refractivity contribution in [1.82, 2.24) is 40.1 Å². The molecule has 0 spiro atoms. The van der Waals surface area contributed by atoms with E-state index in [4.69, 9.17) is 4.74 Å². The summed E-state index contributed by atoms with van der Waals surface area (Å²) in [7, 11) is 0. The maximum absolute atomic E-state index is 13.9. The van der Waals surface area contributed by atoms with Gasteiger partial charge in [0, 0.05) is 87.7 Å². The van der Waals surface area contributed by atoms with Gasteiger partial charge < -0.3 is 40.3 Å². The summed E-state index contributed by atoms with van der Waals surface area (Å²) in [5.74, 6) is -0.0438. The summed E-state index contributed by atoms with van der Waals surface area (Å²) in [6, 6.07) is 20.3. The number of esters is 1. The molecule has 17 nitrogen and oxygen atoms in total. The molecule has 1 unspecified atom stereocenters. The summed E-state index contributed by atoms with van der Waals surface area (Å²) in [5.41, 5.74) is 7.61. The van der Waals surface area contributed by atoms with E-state index >= 15 is 0 Å². The van der Waals surface area contributed by atoms with Crippen LogP contribution in [0.4, 0.5) is 5.69 Å². The van der Waals surface area contributed by atoms with Crippen molar-refractivity contribution in [2.45, 2.75) is 91.8 Å². The summed E-state index contributed by atoms with van der Waals surface area (Å²) in [6.45, 7) is 15.7. The summed E-state index contributed by atoms with van der Waals surface area (Å²) >= 11 is 0. The number of carbonyl (C=O) groups excluding carboxylic acids is 5. The Bertz CT molecular complexity index is 2830. The Morgan fingerprint density at radius 2 is 1.56 bits per heavy atom. The summed E-state index contributed by atoms with van der Waals surface area (Å²) < 4.78 is 7.62. The number of nitrogens with one attached hydrogen (secondary N) is 2. The van der Waals surface area contributed by atoms with Crippen LogP contribution in [0, 0.1) is 19.8 Å². The SMILES string of the molecule is CCNC(=O)c1nnc(-c2cc(C(C)C)c(O)cc2O)n1-c1ccc(CN2CCC(C(=O)N3CCN(c4cc(C)c(OC(=O)Cc5cccc6c5CN(C5CCC(=O)NC5)C6=O)c(C)c4)CC3)CC2)cc1. The number of anilines is 1. The largest absolute Gasteiger partial charge is 0.508 e. The third kappa shape index (κ3) is 10.2. The second-order valence-corrected chi connectivity index (χ2v) is 19.6. The van der Waals surface area contributed by atoms with Crippen LogP contribution in [0.25, 0.3) is 17.1 Å². The standard InChI is InChI=1S/C54H63N9O8/c1-6-55-52(68)51-58-57-50(43-27-42(32(2)3)45(64)28-46(43)65)63(51)38-12-10-35(11-13-38)30-59-18-16-36(17-19-59)53(69)61-22-20-60(21-23-61)40-24-33(4)49(34(5)25-40)71-48(67)26-37-8-7-9-41-44(37)31-62(54(41)70)39-14-15-47(66)56-29-39/h7-13,24-25,27-28,32,36,39,64-65H,6,14-23,26,29-31H2,1-5H3,(H,55,68)(H,56,66). The molecule has 3 saturated heterocycles. The molecule has 5 heterocycles. The third-order valence-electron chi connectivity index (χ3n) is 14.5. The van der Waals surface area contributed by atoms with E-state index in [2.05, 4.69) is 30.6 Å². The minimum Gasteiger partial charge on any atom is -0.508 e. The average molecular weight is 966 g/mol. The Morgan fingerprint density at radius 1 is 0.845 bits per heavy atom. The molecule has 4 N–H and O–H groups in total. The van der Waals surface area contributed by atoms with E-state index < -0.39 is 11.9 Å². The number of hydrogen-bond acceptors (Lipinski definition) is 12. The number of aromatic nitrogens is 3. The van der Waals surface area contributed by atoms with E-state index in [-0.39, 0.29) is 65.2 Å². The molecule has 1 aromatic heterocycles. The van der Waals surface area contributed by atoms with E-state index in [1.165, 1.54) is 6.07 Å². The molecule has 0 aliphatic carbocycles. The van der Waals surface area contributed by atoms with E-state index in [9.17, 15) is 34.2 Å². The van der Waals surface area contributed by atoms with Crippen LogP contribution >= 0.6 is 0 Å². The first-order valence-corrected chi connectivity index (χ1v) is 24.8. The Morgan fingerprint density at radius 3 is 2.23 bits per heavy atom. The number of piperidine rings is 2. The number of phenolic OH excluding ortho intramolecular Hbond substituents is 2. The minimum absolute atomic E-state index is 0.000744. The molecule has 9 rings (SSSR count). The number of phenols is 2. The number of carbonyl (C=O) groups is 5. The number of likely N-dealkylation sites (tertiary alicyclic amines) is 1. The third-order valence-corrected chi connectivity index (χ3v) is 14.5. The number of aryl methyl sites for hydroxylation is 2. The molecule has 4 aliphatic rings. The fraction of sp³-hybridized carbons (Fsp3) is 0.426. The van der Waals surface area contributed by atoms with Gasteiger partial charge in [-0.2, -0.15) is 0 Å². The van der Waals surface area contributed by atoms with E-state index in [1.807, 2.05) is 82.0 Å². The van der Waals surface area contributed by atoms with Gasteiger partial charge in [-0.15, -0.1) is 10.2 Å². The maximum Gasteiger partial charge on any atom is 0.315 e. The summed E-state index contributed by atoms with van der Waals surface area (Å²) in [6.07, 6.45) is 2.58. The number of nitrogens with zero attached hydrogens (tertiary/aromatic N) is 7. The lowest BCUT2D eigenvalue weighted by molar-refractivity contribution is -0.137. The molecule has 5 aromatic rings. The molecule has 372 valence electrons. The van der Waals surface area contributed by atoms with E-state index in [1.54, 1.807) is 27.7 Å². The fourth-order valence-corrected chi connectivity index (χ4v) is 10.6. The minimum atomic E-state index is -0.401. The van der Waals surface area contributed by atoms with Crippen molar-refractivity contribution in [1.29, 1.82) is 0 Å². The van der Waals surface area contributed by atoms with Gasteiger partial charge in [0.2, 0.25) is 17.6 Å². The summed E-state index contributed by atoms with van der Waals surface area (Å²) in [4.78, 5) is 73.9.